The van der Waals surface area contributed by atoms with Gasteiger partial charge in [-0.3, -0.25) is 4.79 Å². The average Bonchev–Trinajstić information content (AvgIpc) is 2.98. The summed E-state index contributed by atoms with van der Waals surface area (Å²) in [6, 6.07) is 7.87. The zero-order valence-corrected chi connectivity index (χ0v) is 13.1. The third kappa shape index (κ3) is 4.46. The molecule has 1 aromatic carbocycles. The van der Waals surface area contributed by atoms with Crippen molar-refractivity contribution in [2.45, 2.75) is 51.7 Å². The molecule has 1 amide bonds. The lowest BCUT2D eigenvalue weighted by atomic mass is 10.1. The van der Waals surface area contributed by atoms with Crippen molar-refractivity contribution in [1.82, 2.24) is 5.32 Å². The second-order valence-corrected chi connectivity index (χ2v) is 5.95. The first-order valence-corrected chi connectivity index (χ1v) is 7.69. The predicted molar refractivity (Wildman–Crippen MR) is 82.5 cm³/mol. The molecule has 1 aliphatic rings. The minimum atomic E-state index is -0.896. The molecule has 116 valence electrons. The molecular weight excluding hydrogens is 266 g/mol. The van der Waals surface area contributed by atoms with Crippen LogP contribution in [-0.4, -0.2) is 30.8 Å². The van der Waals surface area contributed by atoms with Gasteiger partial charge in [0.2, 0.25) is 0 Å². The Labute approximate surface area is 126 Å². The number of benzene rings is 1. The minimum Gasteiger partial charge on any atom is -0.478 e. The topological polar surface area (TPSA) is 47.6 Å². The fraction of sp³-hybridized carbons (Fsp3) is 0.588. The normalized spacial score (nSPS) is 18.5. The van der Waals surface area contributed by atoms with Gasteiger partial charge >= 0.3 is 0 Å². The second-order valence-electron chi connectivity index (χ2n) is 5.95. The molecule has 1 atom stereocenters. The van der Waals surface area contributed by atoms with Gasteiger partial charge in [0.15, 0.2) is 5.60 Å². The summed E-state index contributed by atoms with van der Waals surface area (Å²) in [7, 11) is 0. The third-order valence-corrected chi connectivity index (χ3v) is 3.77. The Morgan fingerprint density at radius 1 is 1.38 bits per heavy atom. The van der Waals surface area contributed by atoms with E-state index in [9.17, 15) is 4.79 Å². The third-order valence-electron chi connectivity index (χ3n) is 3.77. The fourth-order valence-electron chi connectivity index (χ4n) is 2.36. The largest absolute Gasteiger partial charge is 0.478 e. The van der Waals surface area contributed by atoms with Gasteiger partial charge in [-0.05, 0) is 50.8 Å². The van der Waals surface area contributed by atoms with Crippen LogP contribution in [0.1, 0.15) is 39.2 Å². The van der Waals surface area contributed by atoms with Gasteiger partial charge in [0.05, 0.1) is 6.10 Å². The first kappa shape index (κ1) is 15.8. The minimum absolute atomic E-state index is 0.113. The van der Waals surface area contributed by atoms with Crippen LogP contribution in [0, 0.1) is 0 Å². The van der Waals surface area contributed by atoms with Crippen LogP contribution in [0.5, 0.6) is 5.75 Å². The van der Waals surface area contributed by atoms with Gasteiger partial charge in [-0.2, -0.15) is 0 Å². The van der Waals surface area contributed by atoms with Crippen LogP contribution in [0.2, 0.25) is 0 Å². The summed E-state index contributed by atoms with van der Waals surface area (Å²) < 4.78 is 11.3. The standard InChI is InChI=1S/C17H25NO3/c1-4-13-7-9-14(10-8-13)21-17(2,3)16(19)18-12-15-6-5-11-20-15/h7-10,15H,4-6,11-12H2,1-3H3,(H,18,19)/t15-/m0/s1. The monoisotopic (exact) mass is 291 g/mol. The van der Waals surface area contributed by atoms with Crippen molar-refractivity contribution < 1.29 is 14.3 Å². The molecule has 0 unspecified atom stereocenters. The number of nitrogens with one attached hydrogen (secondary N) is 1. The summed E-state index contributed by atoms with van der Waals surface area (Å²) >= 11 is 0. The highest BCUT2D eigenvalue weighted by Crippen LogP contribution is 2.20. The van der Waals surface area contributed by atoms with Crippen LogP contribution in [0.15, 0.2) is 24.3 Å². The van der Waals surface area contributed by atoms with Gasteiger partial charge in [0.1, 0.15) is 5.75 Å². The molecule has 1 aromatic rings. The lowest BCUT2D eigenvalue weighted by molar-refractivity contribution is -0.134. The van der Waals surface area contributed by atoms with Crippen LogP contribution in [0.25, 0.3) is 0 Å². The summed E-state index contributed by atoms with van der Waals surface area (Å²) in [6.07, 6.45) is 3.23. The predicted octanol–water partition coefficient (Wildman–Crippen LogP) is 2.70. The van der Waals surface area contributed by atoms with Gasteiger partial charge < -0.3 is 14.8 Å². The summed E-state index contributed by atoms with van der Waals surface area (Å²) in [5, 5.41) is 2.92. The highest BCUT2D eigenvalue weighted by Gasteiger charge is 2.30. The number of carbonyl (C=O) groups is 1. The number of carbonyl (C=O) groups excluding carboxylic acids is 1. The zero-order valence-electron chi connectivity index (χ0n) is 13.1. The highest BCUT2D eigenvalue weighted by atomic mass is 16.5. The van der Waals surface area contributed by atoms with Gasteiger partial charge in [-0.25, -0.2) is 0 Å². The Kier molecular flexibility index (Phi) is 5.23. The van der Waals surface area contributed by atoms with Crippen molar-refractivity contribution >= 4 is 5.91 Å². The molecule has 4 heteroatoms. The Morgan fingerprint density at radius 3 is 2.67 bits per heavy atom. The molecule has 1 saturated heterocycles. The molecule has 0 bridgehead atoms. The quantitative estimate of drug-likeness (QED) is 0.876. The number of aryl methyl sites for hydroxylation is 1. The maximum absolute atomic E-state index is 12.3. The van der Waals surface area contributed by atoms with Crippen LogP contribution in [-0.2, 0) is 16.0 Å². The van der Waals surface area contributed by atoms with Crippen LogP contribution >= 0.6 is 0 Å². The molecule has 0 radical (unpaired) electrons. The molecule has 1 aliphatic heterocycles. The summed E-state index contributed by atoms with van der Waals surface area (Å²) in [4.78, 5) is 12.3. The van der Waals surface area contributed by atoms with E-state index < -0.39 is 5.60 Å². The lowest BCUT2D eigenvalue weighted by Gasteiger charge is -2.26. The maximum atomic E-state index is 12.3. The molecule has 1 fully saturated rings. The SMILES string of the molecule is CCc1ccc(OC(C)(C)C(=O)NC[C@@H]2CCCO2)cc1. The Hall–Kier alpha value is -1.55. The smallest absolute Gasteiger partial charge is 0.263 e. The molecule has 0 aliphatic carbocycles. The van der Waals surface area contributed by atoms with E-state index in [0.717, 1.165) is 25.9 Å². The fourth-order valence-corrected chi connectivity index (χ4v) is 2.36. The van der Waals surface area contributed by atoms with Crippen LogP contribution in [0.3, 0.4) is 0 Å². The van der Waals surface area contributed by atoms with E-state index in [1.54, 1.807) is 13.8 Å². The van der Waals surface area contributed by atoms with Crippen molar-refractivity contribution in [3.8, 4) is 5.75 Å². The molecule has 21 heavy (non-hydrogen) atoms. The molecule has 1 heterocycles. The first-order valence-electron chi connectivity index (χ1n) is 7.69. The summed E-state index contributed by atoms with van der Waals surface area (Å²) in [5.74, 6) is 0.599. The molecule has 0 aromatic heterocycles. The highest BCUT2D eigenvalue weighted by molar-refractivity contribution is 5.84. The van der Waals surface area contributed by atoms with E-state index in [2.05, 4.69) is 12.2 Å². The number of hydrogen-bond acceptors (Lipinski definition) is 3. The second kappa shape index (κ2) is 6.94. The zero-order chi connectivity index (χ0) is 15.3. The Balaban J connectivity index is 1.87. The molecule has 0 spiro atoms. The van der Waals surface area contributed by atoms with Gasteiger partial charge in [0.25, 0.3) is 5.91 Å². The first-order chi connectivity index (χ1) is 10.0. The van der Waals surface area contributed by atoms with E-state index in [-0.39, 0.29) is 12.0 Å². The summed E-state index contributed by atoms with van der Waals surface area (Å²) in [6.45, 7) is 7.03. The molecule has 4 nitrogen and oxygen atoms in total. The van der Waals surface area contributed by atoms with E-state index in [1.165, 1.54) is 5.56 Å². The number of ether oxygens (including phenoxy) is 2. The van der Waals surface area contributed by atoms with E-state index in [4.69, 9.17) is 9.47 Å². The molecular formula is C17H25NO3. The van der Waals surface area contributed by atoms with Gasteiger partial charge in [-0.15, -0.1) is 0 Å². The van der Waals surface area contributed by atoms with Crippen molar-refractivity contribution in [2.75, 3.05) is 13.2 Å². The summed E-state index contributed by atoms with van der Waals surface area (Å²) in [5.41, 5.74) is 0.356. The number of rotatable bonds is 6. The van der Waals surface area contributed by atoms with Gasteiger partial charge in [-0.1, -0.05) is 19.1 Å². The molecule has 1 N–H and O–H groups in total. The lowest BCUT2D eigenvalue weighted by Crippen LogP contribution is -2.48. The van der Waals surface area contributed by atoms with Crippen molar-refractivity contribution in [2.24, 2.45) is 0 Å². The Bertz CT molecular complexity index is 461. The van der Waals surface area contributed by atoms with Crippen molar-refractivity contribution in [3.63, 3.8) is 0 Å². The van der Waals surface area contributed by atoms with Crippen LogP contribution in [0.4, 0.5) is 0 Å². The Morgan fingerprint density at radius 2 is 2.10 bits per heavy atom. The number of hydrogen-bond donors (Lipinski definition) is 1. The van der Waals surface area contributed by atoms with Crippen LogP contribution < -0.4 is 10.1 Å². The van der Waals surface area contributed by atoms with Crippen molar-refractivity contribution in [1.29, 1.82) is 0 Å². The molecule has 2 rings (SSSR count). The average molecular weight is 291 g/mol. The van der Waals surface area contributed by atoms with E-state index in [0.29, 0.717) is 12.3 Å². The molecule has 0 saturated carbocycles. The van der Waals surface area contributed by atoms with Crippen molar-refractivity contribution in [3.05, 3.63) is 29.8 Å². The van der Waals surface area contributed by atoms with Gasteiger partial charge in [0, 0.05) is 13.2 Å². The van der Waals surface area contributed by atoms with E-state index in [1.807, 2.05) is 24.3 Å². The van der Waals surface area contributed by atoms with E-state index >= 15 is 0 Å². The number of amides is 1. The maximum Gasteiger partial charge on any atom is 0.263 e.